The molecule has 2 unspecified atom stereocenters. The highest BCUT2D eigenvalue weighted by Gasteiger charge is 2.11. The van der Waals surface area contributed by atoms with Crippen molar-refractivity contribution < 1.29 is 38.1 Å². The molecule has 0 aliphatic carbocycles. The lowest BCUT2D eigenvalue weighted by atomic mass is 10.0. The van der Waals surface area contributed by atoms with Gasteiger partial charge in [-0.15, -0.1) is 0 Å². The predicted octanol–water partition coefficient (Wildman–Crippen LogP) is 12.0. The van der Waals surface area contributed by atoms with Gasteiger partial charge in [-0.3, -0.25) is 9.59 Å². The second-order valence-electron chi connectivity index (χ2n) is 11.8. The molecule has 0 N–H and O–H groups in total. The molecule has 0 fully saturated rings. The molecule has 0 aromatic heterocycles. The zero-order chi connectivity index (χ0) is 41.0. The minimum absolute atomic E-state index is 0.116. The Morgan fingerprint density at radius 1 is 0.660 bits per heavy atom. The van der Waals surface area contributed by atoms with Crippen molar-refractivity contribution in [1.82, 2.24) is 0 Å². The number of thiol groups is 1. The van der Waals surface area contributed by atoms with Crippen molar-refractivity contribution in [2.45, 2.75) is 153 Å². The Balaban J connectivity index is -0.000000305. The monoisotopic (exact) mass is 767 g/mol. The largest absolute Gasteiger partial charge is 0.466 e. The summed E-state index contributed by atoms with van der Waals surface area (Å²) in [6.45, 7) is 22.4. The van der Waals surface area contributed by atoms with Crippen LogP contribution in [-0.4, -0.2) is 56.1 Å². The van der Waals surface area contributed by atoms with Gasteiger partial charge >= 0.3 is 23.9 Å². The maximum atomic E-state index is 11.7. The first-order valence-corrected chi connectivity index (χ1v) is 20.9. The molecule has 0 saturated heterocycles. The Morgan fingerprint density at radius 3 is 1.66 bits per heavy atom. The number of hydrogen-bond acceptors (Lipinski definition) is 9. The van der Waals surface area contributed by atoms with Crippen LogP contribution in [0.4, 0.5) is 0 Å². The second kappa shape index (κ2) is 47.0. The Hall–Kier alpha value is -3.07. The van der Waals surface area contributed by atoms with Gasteiger partial charge in [0.2, 0.25) is 0 Å². The number of unbranched alkanes of at least 4 members (excludes halogenated alkanes) is 3. The zero-order valence-electron chi connectivity index (χ0n) is 35.3. The first-order valence-electron chi connectivity index (χ1n) is 20.3. The number of benzene rings is 1. The highest BCUT2D eigenvalue weighted by Crippen LogP contribution is 2.14. The summed E-state index contributed by atoms with van der Waals surface area (Å²) in [6, 6.07) is 9.17. The van der Waals surface area contributed by atoms with Gasteiger partial charge in [0.1, 0.15) is 0 Å². The van der Waals surface area contributed by atoms with Gasteiger partial charge in [0, 0.05) is 11.8 Å². The summed E-state index contributed by atoms with van der Waals surface area (Å²) in [6.07, 6.45) is 20.2. The number of esters is 4. The van der Waals surface area contributed by atoms with Crippen LogP contribution < -0.4 is 0 Å². The van der Waals surface area contributed by atoms with Crippen molar-refractivity contribution in [3.63, 3.8) is 0 Å². The lowest BCUT2D eigenvalue weighted by Crippen LogP contribution is -2.13. The molecule has 0 aliphatic rings. The summed E-state index contributed by atoms with van der Waals surface area (Å²) >= 11 is 3.98. The van der Waals surface area contributed by atoms with Gasteiger partial charge in [-0.1, -0.05) is 137 Å². The van der Waals surface area contributed by atoms with Crippen LogP contribution in [0.2, 0.25) is 0 Å². The van der Waals surface area contributed by atoms with Crippen LogP contribution >= 0.6 is 12.6 Å². The van der Waals surface area contributed by atoms with Crippen molar-refractivity contribution in [3.05, 3.63) is 60.2 Å². The van der Waals surface area contributed by atoms with Crippen LogP contribution in [0, 0.1) is 11.8 Å². The fraction of sp³-hybridized carbons (Fsp3) is 0.682. The van der Waals surface area contributed by atoms with E-state index in [0.717, 1.165) is 38.5 Å². The third-order valence-corrected chi connectivity index (χ3v) is 7.55. The van der Waals surface area contributed by atoms with Gasteiger partial charge in [0.05, 0.1) is 44.8 Å². The Labute approximate surface area is 330 Å². The molecule has 0 bridgehead atoms. The SMILES string of the molecule is CC.CCC=CCC(=O)OCC.CCCC=CC(=O)OCC.CCCCC(CC)COC(=O)CCS.CCCCC(CC)COC(=O)c1ccccc1. The Morgan fingerprint density at radius 2 is 1.21 bits per heavy atom. The van der Waals surface area contributed by atoms with Crippen molar-refractivity contribution >= 4 is 36.5 Å². The molecule has 8 nitrogen and oxygen atoms in total. The minimum atomic E-state index is -0.240. The lowest BCUT2D eigenvalue weighted by Gasteiger charge is -2.14. The van der Waals surface area contributed by atoms with Crippen molar-refractivity contribution in [1.29, 1.82) is 0 Å². The van der Waals surface area contributed by atoms with E-state index in [1.165, 1.54) is 38.2 Å². The van der Waals surface area contributed by atoms with Gasteiger partial charge in [0.25, 0.3) is 0 Å². The second-order valence-corrected chi connectivity index (χ2v) is 12.2. The van der Waals surface area contributed by atoms with E-state index in [-0.39, 0.29) is 23.9 Å². The van der Waals surface area contributed by atoms with Gasteiger partial charge in [0.15, 0.2) is 0 Å². The number of rotatable bonds is 23. The van der Waals surface area contributed by atoms with Crippen LogP contribution in [0.5, 0.6) is 0 Å². The van der Waals surface area contributed by atoms with E-state index in [4.69, 9.17) is 14.2 Å². The molecule has 2 atom stereocenters. The maximum absolute atomic E-state index is 11.7. The summed E-state index contributed by atoms with van der Waals surface area (Å²) in [5.41, 5.74) is 0.637. The van der Waals surface area contributed by atoms with E-state index >= 15 is 0 Å². The van der Waals surface area contributed by atoms with Crippen LogP contribution in [0.25, 0.3) is 0 Å². The van der Waals surface area contributed by atoms with E-state index in [9.17, 15) is 19.2 Å². The summed E-state index contributed by atoms with van der Waals surface area (Å²) in [5.74, 6) is 0.907. The molecular weight excluding hydrogens is 689 g/mol. The normalized spacial score (nSPS) is 11.2. The number of allylic oxidation sites excluding steroid dienone is 2. The minimum Gasteiger partial charge on any atom is -0.466 e. The van der Waals surface area contributed by atoms with E-state index < -0.39 is 0 Å². The molecule has 9 heteroatoms. The number of carbonyl (C=O) groups is 4. The fourth-order valence-corrected chi connectivity index (χ4v) is 4.31. The van der Waals surface area contributed by atoms with Crippen LogP contribution in [0.3, 0.4) is 0 Å². The fourth-order valence-electron chi connectivity index (χ4n) is 4.12. The van der Waals surface area contributed by atoms with Gasteiger partial charge < -0.3 is 18.9 Å². The van der Waals surface area contributed by atoms with Crippen molar-refractivity contribution in [2.24, 2.45) is 11.8 Å². The first-order chi connectivity index (χ1) is 25.6. The topological polar surface area (TPSA) is 105 Å². The van der Waals surface area contributed by atoms with E-state index in [0.29, 0.717) is 62.4 Å². The molecule has 53 heavy (non-hydrogen) atoms. The van der Waals surface area contributed by atoms with E-state index in [1.54, 1.807) is 26.0 Å². The highest BCUT2D eigenvalue weighted by molar-refractivity contribution is 7.80. The molecule has 0 saturated carbocycles. The number of ether oxygens (including phenoxy) is 4. The molecule has 0 spiro atoms. The maximum Gasteiger partial charge on any atom is 0.338 e. The lowest BCUT2D eigenvalue weighted by molar-refractivity contribution is -0.145. The summed E-state index contributed by atoms with van der Waals surface area (Å²) < 4.78 is 19.8. The molecular formula is C44H78O8S. The van der Waals surface area contributed by atoms with Crippen LogP contribution in [0.15, 0.2) is 54.6 Å². The zero-order valence-corrected chi connectivity index (χ0v) is 36.2. The highest BCUT2D eigenvalue weighted by atomic mass is 32.1. The summed E-state index contributed by atoms with van der Waals surface area (Å²) in [5, 5.41) is 0. The smallest absolute Gasteiger partial charge is 0.338 e. The molecule has 0 aliphatic heterocycles. The van der Waals surface area contributed by atoms with Gasteiger partial charge in [-0.2, -0.15) is 12.6 Å². The van der Waals surface area contributed by atoms with E-state index in [1.807, 2.05) is 57.2 Å². The molecule has 1 aromatic carbocycles. The summed E-state index contributed by atoms with van der Waals surface area (Å²) in [7, 11) is 0. The Bertz CT molecular complexity index is 1010. The molecule has 0 radical (unpaired) electrons. The van der Waals surface area contributed by atoms with Gasteiger partial charge in [-0.05, 0) is 63.5 Å². The molecule has 308 valence electrons. The number of carbonyl (C=O) groups excluding carboxylic acids is 4. The number of hydrogen-bond donors (Lipinski definition) is 1. The summed E-state index contributed by atoms with van der Waals surface area (Å²) in [4.78, 5) is 44.0. The Kier molecular flexibility index (Phi) is 50.2. The van der Waals surface area contributed by atoms with E-state index in [2.05, 4.69) is 52.0 Å². The molecule has 0 amide bonds. The average molecular weight is 767 g/mol. The van der Waals surface area contributed by atoms with Gasteiger partial charge in [-0.25, -0.2) is 9.59 Å². The average Bonchev–Trinajstić information content (AvgIpc) is 3.17. The molecule has 1 aromatic rings. The predicted molar refractivity (Wildman–Crippen MR) is 225 cm³/mol. The molecule has 0 heterocycles. The quantitative estimate of drug-likeness (QED) is 0.0386. The van der Waals surface area contributed by atoms with Crippen molar-refractivity contribution in [2.75, 3.05) is 32.2 Å². The van der Waals surface area contributed by atoms with Crippen LogP contribution in [-0.2, 0) is 33.3 Å². The molecule has 1 rings (SSSR count). The first kappa shape index (κ1) is 56.7. The van der Waals surface area contributed by atoms with Crippen LogP contribution in [0.1, 0.15) is 163 Å². The third-order valence-electron chi connectivity index (χ3n) is 7.33. The van der Waals surface area contributed by atoms with Crippen molar-refractivity contribution in [3.8, 4) is 0 Å². The standard InChI is InChI=1S/C15H22O2.C11H22O2S.2C8H14O2.C2H6/c1-3-5-9-13(4-2)12-17-15(16)14-10-7-6-8-11-14;1-3-5-6-10(4-2)9-13-11(12)7-8-14;2*1-3-5-6-7-8(9)10-4-2;1-2/h6-8,10-11,13H,3-5,9,12H2,1-2H3;10,14H,3-9H2,1-2H3;6-7H,3-5H2,1-2H3;5-6H,3-4,7H2,1-2H3;1-2H3. The third kappa shape index (κ3) is 43.2.